The van der Waals surface area contributed by atoms with Gasteiger partial charge in [0.15, 0.2) is 5.58 Å². The van der Waals surface area contributed by atoms with Crippen LogP contribution in [0.1, 0.15) is 23.2 Å². The van der Waals surface area contributed by atoms with Crippen LogP contribution in [0.5, 0.6) is 0 Å². The fraction of sp³-hybridized carbons (Fsp3) is 0.333. The lowest BCUT2D eigenvalue weighted by Gasteiger charge is -2.38. The average molecular weight is 384 g/mol. The molecule has 0 saturated carbocycles. The number of carbonyl (C=O) groups is 2. The summed E-state index contributed by atoms with van der Waals surface area (Å²) in [5.74, 6) is 0. The van der Waals surface area contributed by atoms with E-state index in [-0.39, 0.29) is 12.1 Å². The quantitative estimate of drug-likeness (QED) is 0.693. The molecule has 2 bridgehead atoms. The minimum atomic E-state index is -0.860. The van der Waals surface area contributed by atoms with Crippen molar-refractivity contribution in [3.05, 3.63) is 29.3 Å². The van der Waals surface area contributed by atoms with Gasteiger partial charge in [0, 0.05) is 30.2 Å². The number of hydrogen-bond acceptors (Lipinski definition) is 7. The molecule has 2 aliphatic rings. The Morgan fingerprint density at radius 1 is 1.30 bits per heavy atom. The largest absolute Gasteiger partial charge is 0.465 e. The number of rotatable bonds is 3. The Labute approximate surface area is 158 Å². The van der Waals surface area contributed by atoms with Crippen molar-refractivity contribution in [2.45, 2.75) is 24.9 Å². The Kier molecular flexibility index (Phi) is 3.64. The van der Waals surface area contributed by atoms with Crippen LogP contribution < -0.4 is 4.90 Å². The van der Waals surface area contributed by atoms with Gasteiger partial charge >= 0.3 is 6.09 Å². The highest BCUT2D eigenvalue weighted by Gasteiger charge is 2.43. The summed E-state index contributed by atoms with van der Waals surface area (Å²) in [6, 6.07) is 3.84. The molecule has 2 aromatic heterocycles. The number of nitrogens with zero attached hydrogens (tertiary/aromatic N) is 4. The standard InChI is InChI=1S/C18H16N4O4S/c23-9-10-5-13(16-19-3-4-27-16)15-14(6-10)20-17(26-15)21-7-11-1-2-12(8-21)22(11)18(24)25/h3-6,9,11-12H,1-2,7-8H2,(H,24,25). The Balaban J connectivity index is 1.55. The minimum Gasteiger partial charge on any atom is -0.465 e. The highest BCUT2D eigenvalue weighted by molar-refractivity contribution is 7.13. The predicted molar refractivity (Wildman–Crippen MR) is 99.4 cm³/mol. The molecule has 3 aromatic rings. The number of anilines is 1. The zero-order valence-corrected chi connectivity index (χ0v) is 15.1. The van der Waals surface area contributed by atoms with Gasteiger partial charge in [-0.1, -0.05) is 0 Å². The summed E-state index contributed by atoms with van der Waals surface area (Å²) in [5.41, 5.74) is 2.46. The molecule has 5 rings (SSSR count). The number of carbonyl (C=O) groups excluding carboxylic acids is 1. The van der Waals surface area contributed by atoms with E-state index in [0.717, 1.165) is 29.7 Å². The normalized spacial score (nSPS) is 21.8. The Morgan fingerprint density at radius 3 is 2.70 bits per heavy atom. The van der Waals surface area contributed by atoms with E-state index in [2.05, 4.69) is 9.97 Å². The summed E-state index contributed by atoms with van der Waals surface area (Å²) in [5, 5.41) is 12.1. The molecule has 9 heteroatoms. The van der Waals surface area contributed by atoms with Crippen molar-refractivity contribution in [1.29, 1.82) is 0 Å². The van der Waals surface area contributed by atoms with Crippen molar-refractivity contribution in [3.63, 3.8) is 0 Å². The van der Waals surface area contributed by atoms with Crippen LogP contribution in [0.4, 0.5) is 10.8 Å². The summed E-state index contributed by atoms with van der Waals surface area (Å²) < 4.78 is 6.08. The van der Waals surface area contributed by atoms with Crippen LogP contribution in [0.15, 0.2) is 28.1 Å². The minimum absolute atomic E-state index is 0.0415. The predicted octanol–water partition coefficient (Wildman–Crippen LogP) is 3.09. The van der Waals surface area contributed by atoms with E-state index in [4.69, 9.17) is 4.42 Å². The van der Waals surface area contributed by atoms with Crippen molar-refractivity contribution in [2.75, 3.05) is 18.0 Å². The van der Waals surface area contributed by atoms with Gasteiger partial charge in [-0.25, -0.2) is 9.78 Å². The number of carboxylic acid groups (broad SMARTS) is 1. The topological polar surface area (TPSA) is 99.8 Å². The summed E-state index contributed by atoms with van der Waals surface area (Å²) in [6.45, 7) is 1.12. The molecular weight excluding hydrogens is 368 g/mol. The van der Waals surface area contributed by atoms with Crippen LogP contribution in [0.3, 0.4) is 0 Å². The molecule has 8 nitrogen and oxygen atoms in total. The number of fused-ring (bicyclic) bond motifs is 3. The fourth-order valence-electron chi connectivity index (χ4n) is 4.13. The Morgan fingerprint density at radius 2 is 2.07 bits per heavy atom. The van der Waals surface area contributed by atoms with Crippen LogP contribution in [-0.4, -0.2) is 57.5 Å². The third-order valence-electron chi connectivity index (χ3n) is 5.27. The first kappa shape index (κ1) is 16.2. The molecular formula is C18H16N4O4S. The van der Waals surface area contributed by atoms with Gasteiger partial charge in [0.2, 0.25) is 0 Å². The molecule has 1 aromatic carbocycles. The van der Waals surface area contributed by atoms with Gasteiger partial charge in [-0.3, -0.25) is 9.69 Å². The molecule has 0 spiro atoms. The Bertz CT molecular complexity index is 1020. The second kappa shape index (κ2) is 6.05. The second-order valence-corrected chi connectivity index (χ2v) is 7.74. The van der Waals surface area contributed by atoms with Crippen LogP contribution in [0, 0.1) is 0 Å². The van der Waals surface area contributed by atoms with Crippen molar-refractivity contribution in [3.8, 4) is 10.6 Å². The maximum Gasteiger partial charge on any atom is 0.407 e. The highest BCUT2D eigenvalue weighted by Crippen LogP contribution is 2.37. The second-order valence-electron chi connectivity index (χ2n) is 6.85. The summed E-state index contributed by atoms with van der Waals surface area (Å²) in [7, 11) is 0. The van der Waals surface area contributed by atoms with E-state index in [1.54, 1.807) is 23.2 Å². The summed E-state index contributed by atoms with van der Waals surface area (Å²) in [6.07, 6.45) is 3.35. The molecule has 2 saturated heterocycles. The number of oxazole rings is 1. The number of thiazole rings is 1. The zero-order chi connectivity index (χ0) is 18.5. The number of aldehydes is 1. The van der Waals surface area contributed by atoms with Gasteiger partial charge < -0.3 is 14.4 Å². The summed E-state index contributed by atoms with van der Waals surface area (Å²) in [4.78, 5) is 35.3. The van der Waals surface area contributed by atoms with Crippen LogP contribution in [-0.2, 0) is 0 Å². The van der Waals surface area contributed by atoms with Crippen LogP contribution in [0.2, 0.25) is 0 Å². The molecule has 2 unspecified atom stereocenters. The molecule has 0 aliphatic carbocycles. The average Bonchev–Trinajstić information content (AvgIpc) is 3.38. The highest BCUT2D eigenvalue weighted by atomic mass is 32.1. The number of hydrogen-bond donors (Lipinski definition) is 1. The lowest BCUT2D eigenvalue weighted by atomic mass is 10.1. The maximum absolute atomic E-state index is 11.5. The van der Waals surface area contributed by atoms with E-state index in [0.29, 0.717) is 35.8 Å². The van der Waals surface area contributed by atoms with Gasteiger partial charge in [-0.05, 0) is 25.0 Å². The van der Waals surface area contributed by atoms with Gasteiger partial charge in [0.25, 0.3) is 6.01 Å². The molecule has 2 atom stereocenters. The monoisotopic (exact) mass is 384 g/mol. The molecule has 27 heavy (non-hydrogen) atoms. The van der Waals surface area contributed by atoms with E-state index >= 15 is 0 Å². The third-order valence-corrected chi connectivity index (χ3v) is 6.08. The summed E-state index contributed by atoms with van der Waals surface area (Å²) >= 11 is 1.47. The van der Waals surface area contributed by atoms with Crippen LogP contribution >= 0.6 is 11.3 Å². The number of benzene rings is 1. The first-order valence-corrected chi connectivity index (χ1v) is 9.58. The van der Waals surface area contributed by atoms with E-state index in [9.17, 15) is 14.7 Å². The molecule has 2 aliphatic heterocycles. The van der Waals surface area contributed by atoms with E-state index in [1.807, 2.05) is 10.3 Å². The molecule has 138 valence electrons. The lowest BCUT2D eigenvalue weighted by molar-refractivity contribution is 0.111. The molecule has 2 fully saturated rings. The van der Waals surface area contributed by atoms with Crippen molar-refractivity contribution < 1.29 is 19.1 Å². The van der Waals surface area contributed by atoms with Gasteiger partial charge in [-0.2, -0.15) is 4.98 Å². The SMILES string of the molecule is O=Cc1cc(-c2nccs2)c2oc(N3CC4CCC(C3)N4C(=O)O)nc2c1. The Hall–Kier alpha value is -2.94. The van der Waals surface area contributed by atoms with E-state index in [1.165, 1.54) is 11.3 Å². The smallest absolute Gasteiger partial charge is 0.407 e. The first-order chi connectivity index (χ1) is 13.1. The van der Waals surface area contributed by atoms with Crippen molar-refractivity contribution in [1.82, 2.24) is 14.9 Å². The molecule has 0 radical (unpaired) electrons. The molecule has 1 N–H and O–H groups in total. The fourth-order valence-corrected chi connectivity index (χ4v) is 4.78. The first-order valence-electron chi connectivity index (χ1n) is 8.70. The van der Waals surface area contributed by atoms with Gasteiger partial charge in [-0.15, -0.1) is 11.3 Å². The zero-order valence-electron chi connectivity index (χ0n) is 14.2. The van der Waals surface area contributed by atoms with Crippen LogP contribution in [0.25, 0.3) is 21.7 Å². The van der Waals surface area contributed by atoms with Gasteiger partial charge in [0.05, 0.1) is 17.6 Å². The lowest BCUT2D eigenvalue weighted by Crippen LogP contribution is -2.55. The molecule has 1 amide bonds. The third kappa shape index (κ3) is 2.57. The number of piperazine rings is 1. The van der Waals surface area contributed by atoms with Crippen molar-refractivity contribution >= 4 is 40.8 Å². The van der Waals surface area contributed by atoms with Crippen molar-refractivity contribution in [2.24, 2.45) is 0 Å². The number of aromatic nitrogens is 2. The van der Waals surface area contributed by atoms with E-state index < -0.39 is 6.09 Å². The molecule has 4 heterocycles. The number of amides is 1. The van der Waals surface area contributed by atoms with Gasteiger partial charge in [0.1, 0.15) is 16.8 Å². The maximum atomic E-state index is 11.5.